The molecular formula is C20H23FN2O3. The Kier molecular flexibility index (Phi) is 4.78. The molecule has 2 saturated heterocycles. The molecule has 6 heteroatoms. The van der Waals surface area contributed by atoms with E-state index < -0.39 is 0 Å². The Hall–Kier alpha value is -2.18. The zero-order valence-electron chi connectivity index (χ0n) is 14.8. The summed E-state index contributed by atoms with van der Waals surface area (Å²) in [4.78, 5) is 17.3. The van der Waals surface area contributed by atoms with Crippen LogP contribution in [0.1, 0.15) is 22.5 Å². The highest BCUT2D eigenvalue weighted by Gasteiger charge is 2.46. The largest absolute Gasteiger partial charge is 0.468 e. The molecule has 1 aromatic heterocycles. The number of nitrogens with zero attached hydrogens (tertiary/aromatic N) is 2. The van der Waals surface area contributed by atoms with Gasteiger partial charge in [-0.25, -0.2) is 4.39 Å². The molecule has 0 bridgehead atoms. The molecule has 0 unspecified atom stereocenters. The summed E-state index contributed by atoms with van der Waals surface area (Å²) in [5.74, 6) is 0.833. The Labute approximate surface area is 152 Å². The summed E-state index contributed by atoms with van der Waals surface area (Å²) >= 11 is 0. The molecule has 1 amide bonds. The Balaban J connectivity index is 1.53. The number of methoxy groups -OCH3 is 1. The van der Waals surface area contributed by atoms with E-state index in [0.29, 0.717) is 12.1 Å². The van der Waals surface area contributed by atoms with Crippen LogP contribution in [0.5, 0.6) is 0 Å². The normalized spacial score (nSPS) is 26.1. The van der Waals surface area contributed by atoms with Gasteiger partial charge in [0.1, 0.15) is 11.6 Å². The van der Waals surface area contributed by atoms with Gasteiger partial charge in [-0.05, 0) is 42.8 Å². The molecule has 0 aliphatic carbocycles. The molecule has 138 valence electrons. The number of carbonyl (C=O) groups excluding carboxylic acids is 1. The molecule has 3 heterocycles. The number of furan rings is 1. The first-order valence-corrected chi connectivity index (χ1v) is 9.00. The maximum Gasteiger partial charge on any atom is 0.254 e. The molecular weight excluding hydrogens is 335 g/mol. The average molecular weight is 358 g/mol. The van der Waals surface area contributed by atoms with Gasteiger partial charge in [0.05, 0.1) is 25.0 Å². The predicted octanol–water partition coefficient (Wildman–Crippen LogP) is 2.78. The zero-order chi connectivity index (χ0) is 18.1. The highest BCUT2D eigenvalue weighted by Crippen LogP contribution is 2.34. The molecule has 0 spiro atoms. The van der Waals surface area contributed by atoms with Crippen LogP contribution < -0.4 is 0 Å². The first-order chi connectivity index (χ1) is 12.7. The van der Waals surface area contributed by atoms with E-state index in [2.05, 4.69) is 4.90 Å². The minimum absolute atomic E-state index is 0.0330. The number of ether oxygens (including phenoxy) is 1. The molecule has 0 N–H and O–H groups in total. The average Bonchev–Trinajstić information content (AvgIpc) is 3.30. The van der Waals surface area contributed by atoms with E-state index in [-0.39, 0.29) is 29.8 Å². The number of hydrogen-bond acceptors (Lipinski definition) is 4. The van der Waals surface area contributed by atoms with Crippen molar-refractivity contribution in [1.29, 1.82) is 0 Å². The van der Waals surface area contributed by atoms with Crippen LogP contribution >= 0.6 is 0 Å². The van der Waals surface area contributed by atoms with E-state index in [9.17, 15) is 9.18 Å². The van der Waals surface area contributed by atoms with Crippen molar-refractivity contribution in [2.45, 2.75) is 25.1 Å². The van der Waals surface area contributed by atoms with Crippen molar-refractivity contribution >= 4 is 5.91 Å². The Morgan fingerprint density at radius 1 is 1.27 bits per heavy atom. The molecule has 0 saturated carbocycles. The van der Waals surface area contributed by atoms with E-state index in [1.807, 2.05) is 17.0 Å². The molecule has 2 fully saturated rings. The number of likely N-dealkylation sites (tertiary alicyclic amines) is 2. The van der Waals surface area contributed by atoms with Gasteiger partial charge in [-0.3, -0.25) is 9.69 Å². The lowest BCUT2D eigenvalue weighted by atomic mass is 9.88. The third kappa shape index (κ3) is 3.27. The minimum atomic E-state index is -0.331. The Bertz CT molecular complexity index is 747. The summed E-state index contributed by atoms with van der Waals surface area (Å²) in [6, 6.07) is 9.75. The highest BCUT2D eigenvalue weighted by atomic mass is 19.1. The van der Waals surface area contributed by atoms with Gasteiger partial charge >= 0.3 is 0 Å². The van der Waals surface area contributed by atoms with Gasteiger partial charge in [-0.15, -0.1) is 0 Å². The highest BCUT2D eigenvalue weighted by molar-refractivity contribution is 5.94. The van der Waals surface area contributed by atoms with Crippen molar-refractivity contribution in [2.75, 3.05) is 26.7 Å². The second-order valence-corrected chi connectivity index (χ2v) is 7.07. The summed E-state index contributed by atoms with van der Waals surface area (Å²) in [6.07, 6.45) is 2.65. The van der Waals surface area contributed by atoms with Crippen molar-refractivity contribution in [3.63, 3.8) is 0 Å². The molecule has 5 nitrogen and oxygen atoms in total. The number of fused-ring (bicyclic) bond motifs is 1. The topological polar surface area (TPSA) is 45.9 Å². The maximum atomic E-state index is 13.2. The summed E-state index contributed by atoms with van der Waals surface area (Å²) in [5.41, 5.74) is 0.533. The predicted molar refractivity (Wildman–Crippen MR) is 94.1 cm³/mol. The third-order valence-corrected chi connectivity index (χ3v) is 5.56. The maximum absolute atomic E-state index is 13.2. The van der Waals surface area contributed by atoms with Crippen LogP contribution in [-0.4, -0.2) is 54.6 Å². The minimum Gasteiger partial charge on any atom is -0.468 e. The molecule has 26 heavy (non-hydrogen) atoms. The molecule has 2 aliphatic rings. The Morgan fingerprint density at radius 2 is 2.08 bits per heavy atom. The van der Waals surface area contributed by atoms with Crippen molar-refractivity contribution in [2.24, 2.45) is 5.92 Å². The van der Waals surface area contributed by atoms with E-state index >= 15 is 0 Å². The first-order valence-electron chi connectivity index (χ1n) is 9.00. The molecule has 3 atom stereocenters. The molecule has 4 rings (SSSR count). The van der Waals surface area contributed by atoms with Gasteiger partial charge in [-0.1, -0.05) is 0 Å². The van der Waals surface area contributed by atoms with Gasteiger partial charge in [-0.2, -0.15) is 0 Å². The van der Waals surface area contributed by atoms with E-state index in [4.69, 9.17) is 9.15 Å². The molecule has 2 aromatic rings. The molecule has 1 aromatic carbocycles. The van der Waals surface area contributed by atoms with Gasteiger partial charge < -0.3 is 14.1 Å². The number of hydrogen-bond donors (Lipinski definition) is 0. The second-order valence-electron chi connectivity index (χ2n) is 7.07. The van der Waals surface area contributed by atoms with Crippen LogP contribution in [0.15, 0.2) is 47.1 Å². The molecule has 0 radical (unpaired) electrons. The standard InChI is InChI=1S/C20H23FN2O3/c1-25-19-8-9-23(20(24)14-4-6-15(21)7-5-14)18-13-22(12-17(18)19)11-16-3-2-10-26-16/h2-7,10,17-19H,8-9,11-13H2,1H3/t17-,18+,19-/m0/s1. The summed E-state index contributed by atoms with van der Waals surface area (Å²) in [5, 5.41) is 0. The SMILES string of the molecule is CO[C@H]1CCN(C(=O)c2ccc(F)cc2)[C@@H]2CN(Cc3ccco3)C[C@H]12. The fourth-order valence-corrected chi connectivity index (χ4v) is 4.29. The van der Waals surface area contributed by atoms with Crippen LogP contribution in [0, 0.1) is 11.7 Å². The van der Waals surface area contributed by atoms with Gasteiger partial charge in [0, 0.05) is 38.2 Å². The monoisotopic (exact) mass is 358 g/mol. The van der Waals surface area contributed by atoms with Gasteiger partial charge in [0.25, 0.3) is 5.91 Å². The van der Waals surface area contributed by atoms with Crippen LogP contribution in [0.3, 0.4) is 0 Å². The van der Waals surface area contributed by atoms with E-state index in [0.717, 1.165) is 31.8 Å². The number of piperidine rings is 1. The lowest BCUT2D eigenvalue weighted by Crippen LogP contribution is -2.53. The number of benzene rings is 1. The zero-order valence-corrected chi connectivity index (χ0v) is 14.8. The number of rotatable bonds is 4. The van der Waals surface area contributed by atoms with Gasteiger partial charge in [0.2, 0.25) is 0 Å². The smallest absolute Gasteiger partial charge is 0.254 e. The van der Waals surface area contributed by atoms with Crippen LogP contribution in [0.25, 0.3) is 0 Å². The van der Waals surface area contributed by atoms with E-state index in [1.54, 1.807) is 25.5 Å². The van der Waals surface area contributed by atoms with Crippen LogP contribution in [-0.2, 0) is 11.3 Å². The lowest BCUT2D eigenvalue weighted by molar-refractivity contribution is -0.0157. The summed E-state index contributed by atoms with van der Waals surface area (Å²) in [6.45, 7) is 3.05. The van der Waals surface area contributed by atoms with Crippen LogP contribution in [0.2, 0.25) is 0 Å². The Morgan fingerprint density at radius 3 is 2.77 bits per heavy atom. The number of halogens is 1. The third-order valence-electron chi connectivity index (χ3n) is 5.56. The summed E-state index contributed by atoms with van der Waals surface area (Å²) < 4.78 is 24.3. The van der Waals surface area contributed by atoms with Crippen molar-refractivity contribution < 1.29 is 18.3 Å². The number of carbonyl (C=O) groups is 1. The van der Waals surface area contributed by atoms with Crippen LogP contribution in [0.4, 0.5) is 4.39 Å². The molecule has 2 aliphatic heterocycles. The summed E-state index contributed by atoms with van der Waals surface area (Å²) in [7, 11) is 1.74. The van der Waals surface area contributed by atoms with Crippen molar-refractivity contribution in [1.82, 2.24) is 9.80 Å². The quantitative estimate of drug-likeness (QED) is 0.843. The fraction of sp³-hybridized carbons (Fsp3) is 0.450. The lowest BCUT2D eigenvalue weighted by Gasteiger charge is -2.41. The van der Waals surface area contributed by atoms with E-state index in [1.165, 1.54) is 12.1 Å². The van der Waals surface area contributed by atoms with Gasteiger partial charge in [0.15, 0.2) is 0 Å². The first kappa shape index (κ1) is 17.2. The number of amides is 1. The fourth-order valence-electron chi connectivity index (χ4n) is 4.29. The van der Waals surface area contributed by atoms with Crippen molar-refractivity contribution in [3.8, 4) is 0 Å². The second kappa shape index (κ2) is 7.21. The van der Waals surface area contributed by atoms with Crippen molar-refractivity contribution in [3.05, 3.63) is 59.8 Å².